The molecule has 2 heterocycles. The average molecular weight is 321 g/mol. The van der Waals surface area contributed by atoms with Crippen LogP contribution in [0.1, 0.15) is 31.0 Å². The number of imidazole rings is 1. The number of carbonyl (C=O) groups excluding carboxylic acids is 1. The summed E-state index contributed by atoms with van der Waals surface area (Å²) < 4.78 is 2.31. The number of nitrogens with zero attached hydrogens (tertiary/aromatic N) is 3. The molecular weight excluding hydrogens is 298 g/mol. The van der Waals surface area contributed by atoms with E-state index in [-0.39, 0.29) is 5.92 Å². The van der Waals surface area contributed by atoms with Gasteiger partial charge in [-0.1, -0.05) is 42.5 Å². The lowest BCUT2D eigenvalue weighted by Gasteiger charge is -2.22. The number of rotatable bonds is 3. The minimum Gasteiger partial charge on any atom is -0.340 e. The van der Waals surface area contributed by atoms with Gasteiger partial charge in [-0.3, -0.25) is 4.79 Å². The molecule has 1 atom stereocenters. The summed E-state index contributed by atoms with van der Waals surface area (Å²) in [6, 6.07) is 10.6. The zero-order valence-electron chi connectivity index (χ0n) is 14.1. The zero-order valence-corrected chi connectivity index (χ0v) is 14.1. The van der Waals surface area contributed by atoms with Crippen LogP contribution in [0.5, 0.6) is 0 Å². The van der Waals surface area contributed by atoms with Crippen LogP contribution in [0.2, 0.25) is 0 Å². The van der Waals surface area contributed by atoms with Crippen LogP contribution in [0.15, 0.2) is 48.7 Å². The van der Waals surface area contributed by atoms with Gasteiger partial charge in [-0.05, 0) is 26.2 Å². The Bertz CT molecular complexity index is 754. The number of aryl methyl sites for hydroxylation is 1. The van der Waals surface area contributed by atoms with Crippen LogP contribution in [0.4, 0.5) is 0 Å². The lowest BCUT2D eigenvalue weighted by atomic mass is 10.1. The molecule has 1 aliphatic heterocycles. The van der Waals surface area contributed by atoms with Crippen LogP contribution in [0.3, 0.4) is 0 Å². The molecule has 0 spiro atoms. The van der Waals surface area contributed by atoms with E-state index < -0.39 is 0 Å². The van der Waals surface area contributed by atoms with Crippen molar-refractivity contribution < 1.29 is 4.79 Å². The Labute approximate surface area is 142 Å². The number of carbonyl (C=O) groups is 1. The van der Waals surface area contributed by atoms with Gasteiger partial charge in [0.15, 0.2) is 0 Å². The molecule has 2 aromatic rings. The Morgan fingerprint density at radius 2 is 1.92 bits per heavy atom. The maximum absolute atomic E-state index is 12.7. The maximum Gasteiger partial charge on any atom is 0.226 e. The van der Waals surface area contributed by atoms with Crippen molar-refractivity contribution in [3.63, 3.8) is 0 Å². The molecule has 1 aliphatic carbocycles. The minimum atomic E-state index is 0.168. The first-order valence-corrected chi connectivity index (χ1v) is 8.77. The number of hydrogen-bond donors (Lipinski definition) is 0. The molecular formula is C20H23N3O. The molecule has 4 heteroatoms. The van der Waals surface area contributed by atoms with Gasteiger partial charge in [0.05, 0.1) is 6.04 Å². The zero-order chi connectivity index (χ0) is 16.5. The molecule has 0 radical (unpaired) electrons. The first-order valence-electron chi connectivity index (χ1n) is 8.77. The highest BCUT2D eigenvalue weighted by atomic mass is 16.2. The third kappa shape index (κ3) is 2.66. The average Bonchev–Trinajstić information content (AvgIpc) is 3.35. The summed E-state index contributed by atoms with van der Waals surface area (Å²) in [5.74, 6) is 1.50. The van der Waals surface area contributed by atoms with E-state index >= 15 is 0 Å². The van der Waals surface area contributed by atoms with Gasteiger partial charge in [-0.25, -0.2) is 4.98 Å². The number of amides is 1. The van der Waals surface area contributed by atoms with Gasteiger partial charge in [-0.15, -0.1) is 0 Å². The van der Waals surface area contributed by atoms with Gasteiger partial charge in [0.1, 0.15) is 5.82 Å². The van der Waals surface area contributed by atoms with Crippen molar-refractivity contribution in [1.82, 2.24) is 14.5 Å². The minimum absolute atomic E-state index is 0.168. The van der Waals surface area contributed by atoms with Crippen molar-refractivity contribution >= 4 is 5.91 Å². The van der Waals surface area contributed by atoms with Gasteiger partial charge < -0.3 is 9.47 Å². The van der Waals surface area contributed by atoms with Crippen LogP contribution in [0.25, 0.3) is 11.4 Å². The molecule has 4 rings (SSSR count). The van der Waals surface area contributed by atoms with Gasteiger partial charge >= 0.3 is 0 Å². The number of allylic oxidation sites excluding steroid dienone is 2. The summed E-state index contributed by atoms with van der Waals surface area (Å²) in [6.45, 7) is 3.75. The van der Waals surface area contributed by atoms with Crippen molar-refractivity contribution in [2.24, 2.45) is 5.92 Å². The Kier molecular flexibility index (Phi) is 3.97. The van der Waals surface area contributed by atoms with Gasteiger partial charge in [0, 0.05) is 36.5 Å². The lowest BCUT2D eigenvalue weighted by Crippen LogP contribution is -2.33. The van der Waals surface area contributed by atoms with Crippen LogP contribution >= 0.6 is 0 Å². The molecule has 1 unspecified atom stereocenters. The molecule has 1 fully saturated rings. The molecule has 4 nitrogen and oxygen atoms in total. The smallest absolute Gasteiger partial charge is 0.226 e. The monoisotopic (exact) mass is 321 g/mol. The van der Waals surface area contributed by atoms with E-state index in [0.29, 0.717) is 11.9 Å². The highest BCUT2D eigenvalue weighted by Gasteiger charge is 2.33. The Balaban J connectivity index is 1.55. The van der Waals surface area contributed by atoms with E-state index in [1.54, 1.807) is 0 Å². The molecule has 0 bridgehead atoms. The molecule has 24 heavy (non-hydrogen) atoms. The maximum atomic E-state index is 12.7. The molecule has 1 aromatic heterocycles. The predicted molar refractivity (Wildman–Crippen MR) is 94.5 cm³/mol. The molecule has 0 saturated carbocycles. The second-order valence-corrected chi connectivity index (χ2v) is 6.83. The van der Waals surface area contributed by atoms with E-state index in [1.807, 2.05) is 24.4 Å². The summed E-state index contributed by atoms with van der Waals surface area (Å²) in [5.41, 5.74) is 2.30. The highest BCUT2D eigenvalue weighted by molar-refractivity contribution is 5.80. The van der Waals surface area contributed by atoms with Crippen LogP contribution in [-0.2, 0) is 4.79 Å². The van der Waals surface area contributed by atoms with Crippen molar-refractivity contribution in [2.45, 2.75) is 32.2 Å². The summed E-state index contributed by atoms with van der Waals surface area (Å²) in [7, 11) is 0. The molecule has 1 amide bonds. The van der Waals surface area contributed by atoms with Gasteiger partial charge in [-0.2, -0.15) is 0 Å². The van der Waals surface area contributed by atoms with Crippen LogP contribution < -0.4 is 0 Å². The summed E-state index contributed by atoms with van der Waals surface area (Å²) in [4.78, 5) is 19.3. The van der Waals surface area contributed by atoms with E-state index in [1.165, 1.54) is 0 Å². The van der Waals surface area contributed by atoms with Gasteiger partial charge in [0.2, 0.25) is 5.91 Å². The summed E-state index contributed by atoms with van der Waals surface area (Å²) in [5, 5.41) is 0. The highest BCUT2D eigenvalue weighted by Crippen LogP contribution is 2.31. The Morgan fingerprint density at radius 1 is 1.17 bits per heavy atom. The molecule has 2 aliphatic rings. The normalized spacial score (nSPS) is 20.9. The molecule has 124 valence electrons. The fourth-order valence-electron chi connectivity index (χ4n) is 3.94. The second-order valence-electron chi connectivity index (χ2n) is 6.83. The number of hydrogen-bond acceptors (Lipinski definition) is 2. The molecule has 1 saturated heterocycles. The van der Waals surface area contributed by atoms with E-state index in [2.05, 4.69) is 45.7 Å². The summed E-state index contributed by atoms with van der Waals surface area (Å²) >= 11 is 0. The topological polar surface area (TPSA) is 38.1 Å². The molecule has 1 aromatic carbocycles. The first-order chi connectivity index (χ1) is 11.7. The number of benzene rings is 1. The fraction of sp³-hybridized carbons (Fsp3) is 0.400. The predicted octanol–water partition coefficient (Wildman–Crippen LogP) is 3.60. The Morgan fingerprint density at radius 3 is 2.67 bits per heavy atom. The summed E-state index contributed by atoms with van der Waals surface area (Å²) in [6.07, 6.45) is 9.00. The van der Waals surface area contributed by atoms with Crippen LogP contribution in [0, 0.1) is 12.8 Å². The lowest BCUT2D eigenvalue weighted by molar-refractivity contribution is -0.134. The van der Waals surface area contributed by atoms with Crippen molar-refractivity contribution in [3.8, 4) is 11.4 Å². The third-order valence-corrected chi connectivity index (χ3v) is 5.21. The van der Waals surface area contributed by atoms with Gasteiger partial charge in [0.25, 0.3) is 0 Å². The SMILES string of the molecule is Cc1cnc(-c2ccccc2)n1C1CCN(C(=O)C2CC=CC2)C1. The van der Waals surface area contributed by atoms with Crippen molar-refractivity contribution in [3.05, 3.63) is 54.4 Å². The van der Waals surface area contributed by atoms with E-state index in [4.69, 9.17) is 0 Å². The van der Waals surface area contributed by atoms with Crippen LogP contribution in [-0.4, -0.2) is 33.4 Å². The van der Waals surface area contributed by atoms with Crippen molar-refractivity contribution in [1.29, 1.82) is 0 Å². The van der Waals surface area contributed by atoms with Crippen molar-refractivity contribution in [2.75, 3.05) is 13.1 Å². The van der Waals surface area contributed by atoms with E-state index in [9.17, 15) is 4.79 Å². The van der Waals surface area contributed by atoms with E-state index in [0.717, 1.165) is 49.4 Å². The Hall–Kier alpha value is -2.36. The quantitative estimate of drug-likeness (QED) is 0.810. The molecule has 0 N–H and O–H groups in total. The third-order valence-electron chi connectivity index (χ3n) is 5.21. The largest absolute Gasteiger partial charge is 0.340 e. The standard InChI is InChI=1S/C20H23N3O/c1-15-13-21-19(16-7-3-2-4-8-16)23(15)18-11-12-22(14-18)20(24)17-9-5-6-10-17/h2-8,13,17-18H,9-12,14H2,1H3. The number of likely N-dealkylation sites (tertiary alicyclic amines) is 1. The number of aromatic nitrogens is 2. The fourth-order valence-corrected chi connectivity index (χ4v) is 3.94. The second kappa shape index (κ2) is 6.27. The first kappa shape index (κ1) is 15.2.